The summed E-state index contributed by atoms with van der Waals surface area (Å²) in [5.41, 5.74) is 8.18. The van der Waals surface area contributed by atoms with Gasteiger partial charge in [0.1, 0.15) is 16.4 Å². The molecule has 2 heterocycles. The molecule has 0 fully saturated rings. The number of thiophene rings is 1. The van der Waals surface area contributed by atoms with E-state index in [9.17, 15) is 4.79 Å². The normalized spacial score (nSPS) is 13.6. The van der Waals surface area contributed by atoms with E-state index in [1.807, 2.05) is 12.1 Å². The number of nitrogens with zero attached hydrogens (tertiary/aromatic N) is 2. The van der Waals surface area contributed by atoms with Gasteiger partial charge in [-0.25, -0.2) is 9.97 Å². The zero-order valence-electron chi connectivity index (χ0n) is 14.4. The Kier molecular flexibility index (Phi) is 4.82. The lowest BCUT2D eigenvalue weighted by molar-refractivity contribution is 0.102. The lowest BCUT2D eigenvalue weighted by atomic mass is 9.97. The number of fused-ring (bicyclic) bond motifs is 3. The van der Waals surface area contributed by atoms with Crippen molar-refractivity contribution in [3.05, 3.63) is 40.3 Å². The van der Waals surface area contributed by atoms with Crippen molar-refractivity contribution in [3.63, 3.8) is 0 Å². The van der Waals surface area contributed by atoms with Gasteiger partial charge < -0.3 is 10.5 Å². The van der Waals surface area contributed by atoms with Crippen LogP contribution in [0.25, 0.3) is 10.2 Å². The van der Waals surface area contributed by atoms with Crippen LogP contribution in [0.1, 0.15) is 33.6 Å². The van der Waals surface area contributed by atoms with E-state index < -0.39 is 0 Å². The summed E-state index contributed by atoms with van der Waals surface area (Å²) >= 11 is 3.04. The minimum atomic E-state index is 0.0154. The van der Waals surface area contributed by atoms with Gasteiger partial charge in [0, 0.05) is 10.4 Å². The van der Waals surface area contributed by atoms with Crippen LogP contribution in [-0.4, -0.2) is 28.6 Å². The van der Waals surface area contributed by atoms with Gasteiger partial charge in [-0.3, -0.25) is 4.79 Å². The Balaban J connectivity index is 1.55. The number of benzene rings is 1. The van der Waals surface area contributed by atoms with Crippen molar-refractivity contribution in [2.24, 2.45) is 0 Å². The largest absolute Gasteiger partial charge is 0.497 e. The van der Waals surface area contributed by atoms with Crippen LogP contribution >= 0.6 is 23.1 Å². The smallest absolute Gasteiger partial charge is 0.191 e. The van der Waals surface area contributed by atoms with Crippen molar-refractivity contribution in [1.29, 1.82) is 0 Å². The van der Waals surface area contributed by atoms with E-state index in [0.29, 0.717) is 22.3 Å². The van der Waals surface area contributed by atoms with Gasteiger partial charge >= 0.3 is 0 Å². The SMILES string of the molecule is COc1cccc(C(=O)CSc2nc(N)c3c4c(sc3n2)CCCC4)c1. The maximum atomic E-state index is 12.4. The number of rotatable bonds is 5. The van der Waals surface area contributed by atoms with E-state index in [2.05, 4.69) is 9.97 Å². The Morgan fingerprint density at radius 3 is 3.00 bits per heavy atom. The van der Waals surface area contributed by atoms with Crippen LogP contribution < -0.4 is 10.5 Å². The number of anilines is 1. The number of carbonyl (C=O) groups is 1. The first kappa shape index (κ1) is 17.3. The molecule has 0 saturated heterocycles. The van der Waals surface area contributed by atoms with Crippen LogP contribution in [0.3, 0.4) is 0 Å². The van der Waals surface area contributed by atoms with Crippen molar-refractivity contribution < 1.29 is 9.53 Å². The monoisotopic (exact) mass is 385 g/mol. The number of ketones is 1. The fourth-order valence-corrected chi connectivity index (χ4v) is 5.31. The van der Waals surface area contributed by atoms with Gasteiger partial charge in [-0.05, 0) is 43.4 Å². The number of ether oxygens (including phenoxy) is 1. The predicted octanol–water partition coefficient (Wildman–Crippen LogP) is 4.14. The highest BCUT2D eigenvalue weighted by Crippen LogP contribution is 2.38. The van der Waals surface area contributed by atoms with Crippen molar-refractivity contribution >= 4 is 44.9 Å². The van der Waals surface area contributed by atoms with Gasteiger partial charge in [-0.2, -0.15) is 0 Å². The highest BCUT2D eigenvalue weighted by molar-refractivity contribution is 7.99. The molecule has 1 aliphatic rings. The summed E-state index contributed by atoms with van der Waals surface area (Å²) in [4.78, 5) is 23.9. The number of hydrogen-bond acceptors (Lipinski definition) is 7. The summed E-state index contributed by atoms with van der Waals surface area (Å²) in [5.74, 6) is 1.49. The number of nitrogens with two attached hydrogens (primary N) is 1. The number of aryl methyl sites for hydroxylation is 2. The summed E-state index contributed by atoms with van der Waals surface area (Å²) in [5, 5.41) is 1.58. The highest BCUT2D eigenvalue weighted by Gasteiger charge is 2.20. The molecule has 2 aromatic heterocycles. The summed E-state index contributed by atoms with van der Waals surface area (Å²) in [6, 6.07) is 7.17. The molecule has 3 aromatic rings. The molecule has 0 amide bonds. The van der Waals surface area contributed by atoms with Crippen LogP contribution in [0.5, 0.6) is 5.75 Å². The minimum absolute atomic E-state index is 0.0154. The first-order valence-electron chi connectivity index (χ1n) is 8.53. The van der Waals surface area contributed by atoms with Gasteiger partial charge in [0.15, 0.2) is 10.9 Å². The molecule has 0 spiro atoms. The van der Waals surface area contributed by atoms with Crippen LogP contribution in [0, 0.1) is 0 Å². The Hall–Kier alpha value is -2.12. The summed E-state index contributed by atoms with van der Waals surface area (Å²) in [7, 11) is 1.59. The number of nitrogen functional groups attached to an aromatic ring is 1. The molecule has 0 atom stereocenters. The average Bonchev–Trinajstić information content (AvgIpc) is 3.05. The lowest BCUT2D eigenvalue weighted by Gasteiger charge is -2.10. The van der Waals surface area contributed by atoms with E-state index in [-0.39, 0.29) is 11.5 Å². The van der Waals surface area contributed by atoms with E-state index in [4.69, 9.17) is 10.5 Å². The second kappa shape index (κ2) is 7.25. The van der Waals surface area contributed by atoms with Gasteiger partial charge in [-0.1, -0.05) is 23.9 Å². The molecular weight excluding hydrogens is 366 g/mol. The first-order valence-corrected chi connectivity index (χ1v) is 10.3. The third-order valence-electron chi connectivity index (χ3n) is 4.55. The second-order valence-electron chi connectivity index (χ2n) is 6.23. The summed E-state index contributed by atoms with van der Waals surface area (Å²) in [6.45, 7) is 0. The molecule has 134 valence electrons. The third-order valence-corrected chi connectivity index (χ3v) is 6.58. The quantitative estimate of drug-likeness (QED) is 0.404. The molecule has 5 nitrogen and oxygen atoms in total. The first-order chi connectivity index (χ1) is 12.7. The van der Waals surface area contributed by atoms with Crippen molar-refractivity contribution in [1.82, 2.24) is 9.97 Å². The van der Waals surface area contributed by atoms with Crippen LogP contribution in [0.2, 0.25) is 0 Å². The molecule has 0 aliphatic heterocycles. The lowest BCUT2D eigenvalue weighted by Crippen LogP contribution is -2.04. The molecule has 26 heavy (non-hydrogen) atoms. The number of Topliss-reactive ketones (excluding diaryl/α,β-unsaturated/α-hetero) is 1. The van der Waals surface area contributed by atoms with Gasteiger partial charge in [0.25, 0.3) is 0 Å². The topological polar surface area (TPSA) is 78.1 Å². The average molecular weight is 386 g/mol. The molecule has 2 N–H and O–H groups in total. The molecule has 0 saturated carbocycles. The Morgan fingerprint density at radius 1 is 1.31 bits per heavy atom. The summed E-state index contributed by atoms with van der Waals surface area (Å²) < 4.78 is 5.17. The van der Waals surface area contributed by atoms with Gasteiger partial charge in [0.2, 0.25) is 0 Å². The third kappa shape index (κ3) is 3.29. The highest BCUT2D eigenvalue weighted by atomic mass is 32.2. The molecule has 4 rings (SSSR count). The number of carbonyl (C=O) groups excluding carboxylic acids is 1. The summed E-state index contributed by atoms with van der Waals surface area (Å²) in [6.07, 6.45) is 4.59. The number of thioether (sulfide) groups is 1. The predicted molar refractivity (Wildman–Crippen MR) is 107 cm³/mol. The number of aromatic nitrogens is 2. The number of hydrogen-bond donors (Lipinski definition) is 1. The standard InChI is InChI=1S/C19H19N3O2S2/c1-24-12-6-4-5-11(9-12)14(23)10-25-19-21-17(20)16-13-7-2-3-8-15(13)26-18(16)22-19/h4-6,9H,2-3,7-8,10H2,1H3,(H2,20,21,22). The van der Waals surface area contributed by atoms with E-state index >= 15 is 0 Å². The molecule has 0 bridgehead atoms. The molecule has 0 unspecified atom stereocenters. The molecule has 0 radical (unpaired) electrons. The van der Waals surface area contributed by atoms with Crippen molar-refractivity contribution in [3.8, 4) is 5.75 Å². The fraction of sp³-hybridized carbons (Fsp3) is 0.316. The number of methoxy groups -OCH3 is 1. The maximum absolute atomic E-state index is 12.4. The molecular formula is C19H19N3O2S2. The Labute approximate surface area is 160 Å². The van der Waals surface area contributed by atoms with Crippen LogP contribution in [0.4, 0.5) is 5.82 Å². The minimum Gasteiger partial charge on any atom is -0.497 e. The van der Waals surface area contributed by atoms with E-state index in [1.54, 1.807) is 30.6 Å². The van der Waals surface area contributed by atoms with Crippen molar-refractivity contribution in [2.45, 2.75) is 30.8 Å². The Bertz CT molecular complexity index is 984. The van der Waals surface area contributed by atoms with Gasteiger partial charge in [-0.15, -0.1) is 11.3 Å². The van der Waals surface area contributed by atoms with Crippen molar-refractivity contribution in [2.75, 3.05) is 18.6 Å². The van der Waals surface area contributed by atoms with E-state index in [1.165, 1.54) is 35.0 Å². The molecule has 1 aromatic carbocycles. The second-order valence-corrected chi connectivity index (χ2v) is 8.25. The molecule has 7 heteroatoms. The zero-order chi connectivity index (χ0) is 18.1. The fourth-order valence-electron chi connectivity index (χ4n) is 3.24. The van der Waals surface area contributed by atoms with Crippen LogP contribution in [0.15, 0.2) is 29.4 Å². The van der Waals surface area contributed by atoms with Gasteiger partial charge in [0.05, 0.1) is 18.2 Å². The zero-order valence-corrected chi connectivity index (χ0v) is 16.1. The van der Waals surface area contributed by atoms with E-state index in [0.717, 1.165) is 23.1 Å². The van der Waals surface area contributed by atoms with Crippen LogP contribution in [-0.2, 0) is 12.8 Å². The molecule has 1 aliphatic carbocycles. The maximum Gasteiger partial charge on any atom is 0.191 e. The Morgan fingerprint density at radius 2 is 2.15 bits per heavy atom.